The molecule has 2 aliphatic rings. The van der Waals surface area contributed by atoms with E-state index in [4.69, 9.17) is 4.74 Å². The third-order valence-electron chi connectivity index (χ3n) is 4.77. The van der Waals surface area contributed by atoms with Gasteiger partial charge in [-0.2, -0.15) is 0 Å². The molecular weight excluding hydrogens is 322 g/mol. The van der Waals surface area contributed by atoms with Crippen molar-refractivity contribution in [2.45, 2.75) is 45.6 Å². The molecule has 1 aromatic heterocycles. The molecule has 6 heteroatoms. The van der Waals surface area contributed by atoms with Gasteiger partial charge in [0, 0.05) is 31.1 Å². The SMILES string of the molecule is CCNC(=O)N1CCc2sc(OCCCN3CCCCC3)cc2C1. The summed E-state index contributed by atoms with van der Waals surface area (Å²) in [4.78, 5) is 17.8. The van der Waals surface area contributed by atoms with Crippen LogP contribution in [-0.2, 0) is 13.0 Å². The second-order valence-electron chi connectivity index (χ2n) is 6.63. The Balaban J connectivity index is 1.43. The van der Waals surface area contributed by atoms with Gasteiger partial charge in [-0.1, -0.05) is 6.42 Å². The van der Waals surface area contributed by atoms with Crippen molar-refractivity contribution in [3.63, 3.8) is 0 Å². The van der Waals surface area contributed by atoms with Crippen molar-refractivity contribution in [3.05, 3.63) is 16.5 Å². The van der Waals surface area contributed by atoms with E-state index in [0.29, 0.717) is 13.1 Å². The van der Waals surface area contributed by atoms with Gasteiger partial charge in [0.1, 0.15) is 0 Å². The number of rotatable bonds is 6. The number of fused-ring (bicyclic) bond motifs is 1. The monoisotopic (exact) mass is 351 g/mol. The molecule has 0 spiro atoms. The van der Waals surface area contributed by atoms with E-state index < -0.39 is 0 Å². The van der Waals surface area contributed by atoms with E-state index >= 15 is 0 Å². The highest BCUT2D eigenvalue weighted by Crippen LogP contribution is 2.33. The molecule has 1 fully saturated rings. The van der Waals surface area contributed by atoms with E-state index in [-0.39, 0.29) is 6.03 Å². The second-order valence-corrected chi connectivity index (χ2v) is 7.72. The van der Waals surface area contributed by atoms with Crippen LogP contribution in [0.5, 0.6) is 5.06 Å². The van der Waals surface area contributed by atoms with Crippen LogP contribution in [-0.4, -0.2) is 55.2 Å². The maximum atomic E-state index is 12.0. The van der Waals surface area contributed by atoms with Crippen molar-refractivity contribution >= 4 is 17.4 Å². The van der Waals surface area contributed by atoms with Gasteiger partial charge >= 0.3 is 6.03 Å². The van der Waals surface area contributed by atoms with Gasteiger partial charge in [0.15, 0.2) is 5.06 Å². The van der Waals surface area contributed by atoms with Crippen LogP contribution in [0.4, 0.5) is 4.79 Å². The highest BCUT2D eigenvalue weighted by atomic mass is 32.1. The van der Waals surface area contributed by atoms with Crippen molar-refractivity contribution < 1.29 is 9.53 Å². The van der Waals surface area contributed by atoms with Gasteiger partial charge in [0.05, 0.1) is 6.61 Å². The summed E-state index contributed by atoms with van der Waals surface area (Å²) in [7, 11) is 0. The largest absolute Gasteiger partial charge is 0.484 e. The van der Waals surface area contributed by atoms with E-state index in [1.807, 2.05) is 11.8 Å². The number of carbonyl (C=O) groups excluding carboxylic acids is 1. The van der Waals surface area contributed by atoms with E-state index in [1.165, 1.54) is 42.8 Å². The Morgan fingerprint density at radius 2 is 2.12 bits per heavy atom. The number of carbonyl (C=O) groups is 1. The Bertz CT molecular complexity index is 540. The first-order chi connectivity index (χ1) is 11.8. The molecule has 134 valence electrons. The molecule has 0 aliphatic carbocycles. The Morgan fingerprint density at radius 1 is 1.29 bits per heavy atom. The Kier molecular flexibility index (Phi) is 6.37. The van der Waals surface area contributed by atoms with Crippen molar-refractivity contribution in [2.75, 3.05) is 39.3 Å². The minimum absolute atomic E-state index is 0.0401. The molecule has 0 aromatic carbocycles. The van der Waals surface area contributed by atoms with Crippen molar-refractivity contribution in [1.29, 1.82) is 0 Å². The first-order valence-corrected chi connectivity index (χ1v) is 10.1. The van der Waals surface area contributed by atoms with Crippen molar-refractivity contribution in [1.82, 2.24) is 15.1 Å². The molecule has 2 amide bonds. The fraction of sp³-hybridized carbons (Fsp3) is 0.722. The highest BCUT2D eigenvalue weighted by Gasteiger charge is 2.22. The number of likely N-dealkylation sites (tertiary alicyclic amines) is 1. The van der Waals surface area contributed by atoms with Crippen LogP contribution in [0.2, 0.25) is 0 Å². The van der Waals surface area contributed by atoms with E-state index in [9.17, 15) is 4.79 Å². The third kappa shape index (κ3) is 4.63. The summed E-state index contributed by atoms with van der Waals surface area (Å²) in [6, 6.07) is 2.17. The van der Waals surface area contributed by atoms with E-state index in [0.717, 1.165) is 37.6 Å². The highest BCUT2D eigenvalue weighted by molar-refractivity contribution is 7.14. The summed E-state index contributed by atoms with van der Waals surface area (Å²) in [6.07, 6.45) is 6.12. The fourth-order valence-electron chi connectivity index (χ4n) is 3.46. The molecule has 3 rings (SSSR count). The number of urea groups is 1. The minimum Gasteiger partial charge on any atom is -0.484 e. The van der Waals surface area contributed by atoms with Gasteiger partial charge in [0.2, 0.25) is 0 Å². The smallest absolute Gasteiger partial charge is 0.317 e. The molecule has 5 nitrogen and oxygen atoms in total. The Hall–Kier alpha value is -1.27. The lowest BCUT2D eigenvalue weighted by atomic mass is 10.1. The predicted molar refractivity (Wildman–Crippen MR) is 97.9 cm³/mol. The second kappa shape index (κ2) is 8.72. The predicted octanol–water partition coefficient (Wildman–Crippen LogP) is 3.09. The molecule has 0 radical (unpaired) electrons. The van der Waals surface area contributed by atoms with Gasteiger partial charge in [-0.15, -0.1) is 11.3 Å². The first-order valence-electron chi connectivity index (χ1n) is 9.26. The van der Waals surface area contributed by atoms with Crippen LogP contribution in [0.3, 0.4) is 0 Å². The molecule has 24 heavy (non-hydrogen) atoms. The first kappa shape index (κ1) is 17.5. The lowest BCUT2D eigenvalue weighted by molar-refractivity contribution is 0.193. The molecule has 0 unspecified atom stereocenters. The number of hydrogen-bond donors (Lipinski definition) is 1. The van der Waals surface area contributed by atoms with Gasteiger partial charge < -0.3 is 19.9 Å². The number of ether oxygens (including phenoxy) is 1. The number of nitrogens with one attached hydrogen (secondary N) is 1. The molecule has 1 saturated heterocycles. The fourth-order valence-corrected chi connectivity index (χ4v) is 4.49. The molecule has 1 aromatic rings. The van der Waals surface area contributed by atoms with E-state index in [2.05, 4.69) is 16.3 Å². The lowest BCUT2D eigenvalue weighted by Crippen LogP contribution is -2.42. The van der Waals surface area contributed by atoms with Gasteiger partial charge in [-0.3, -0.25) is 0 Å². The number of thiophene rings is 1. The van der Waals surface area contributed by atoms with Crippen LogP contribution in [0.15, 0.2) is 6.07 Å². The summed E-state index contributed by atoms with van der Waals surface area (Å²) in [6.45, 7) is 8.57. The number of hydrogen-bond acceptors (Lipinski definition) is 4. The topological polar surface area (TPSA) is 44.8 Å². The summed E-state index contributed by atoms with van der Waals surface area (Å²) >= 11 is 1.75. The zero-order valence-electron chi connectivity index (χ0n) is 14.7. The molecular formula is C18H29N3O2S. The molecule has 0 atom stereocenters. The average Bonchev–Trinajstić information content (AvgIpc) is 3.02. The van der Waals surface area contributed by atoms with Crippen LogP contribution < -0.4 is 10.1 Å². The van der Waals surface area contributed by atoms with Crippen molar-refractivity contribution in [3.8, 4) is 5.06 Å². The number of amides is 2. The molecule has 0 saturated carbocycles. The zero-order chi connectivity index (χ0) is 16.8. The van der Waals surface area contributed by atoms with Crippen molar-refractivity contribution in [2.24, 2.45) is 0 Å². The van der Waals surface area contributed by atoms with Gasteiger partial charge in [-0.25, -0.2) is 4.79 Å². The zero-order valence-corrected chi connectivity index (χ0v) is 15.5. The summed E-state index contributed by atoms with van der Waals surface area (Å²) < 4.78 is 5.97. The van der Waals surface area contributed by atoms with Crippen LogP contribution in [0, 0.1) is 0 Å². The quantitative estimate of drug-likeness (QED) is 0.801. The summed E-state index contributed by atoms with van der Waals surface area (Å²) in [5.41, 5.74) is 1.25. The van der Waals surface area contributed by atoms with Crippen LogP contribution >= 0.6 is 11.3 Å². The third-order valence-corrected chi connectivity index (χ3v) is 5.92. The van der Waals surface area contributed by atoms with Gasteiger partial charge in [-0.05, 0) is 57.3 Å². The Morgan fingerprint density at radius 3 is 2.92 bits per heavy atom. The average molecular weight is 352 g/mol. The number of nitrogens with zero attached hydrogens (tertiary/aromatic N) is 2. The maximum Gasteiger partial charge on any atom is 0.317 e. The maximum absolute atomic E-state index is 12.0. The Labute approximate surface area is 149 Å². The molecule has 0 bridgehead atoms. The van der Waals surface area contributed by atoms with Gasteiger partial charge in [0.25, 0.3) is 0 Å². The number of piperidine rings is 1. The lowest BCUT2D eigenvalue weighted by Gasteiger charge is -2.26. The van der Waals surface area contributed by atoms with Crippen LogP contribution in [0.1, 0.15) is 43.0 Å². The molecule has 2 aliphatic heterocycles. The molecule has 1 N–H and O–H groups in total. The van der Waals surface area contributed by atoms with Crippen LogP contribution in [0.25, 0.3) is 0 Å². The summed E-state index contributed by atoms with van der Waals surface area (Å²) in [5, 5.41) is 3.89. The minimum atomic E-state index is 0.0401. The summed E-state index contributed by atoms with van der Waals surface area (Å²) in [5.74, 6) is 0. The normalized spacial score (nSPS) is 18.3. The van der Waals surface area contributed by atoms with E-state index in [1.54, 1.807) is 11.3 Å². The standard InChI is InChI=1S/C18H29N3O2S/c1-2-19-18(22)21-11-7-16-15(14-21)13-17(24-16)23-12-6-10-20-8-4-3-5-9-20/h13H,2-12,14H2,1H3,(H,19,22). The molecule has 3 heterocycles.